The molecule has 1 aliphatic heterocycles. The van der Waals surface area contributed by atoms with E-state index in [4.69, 9.17) is 0 Å². The monoisotopic (exact) mass is 505 g/mol. The number of halogens is 1. The predicted octanol–water partition coefficient (Wildman–Crippen LogP) is 2.42. The molecule has 1 fully saturated rings. The summed E-state index contributed by atoms with van der Waals surface area (Å²) in [5.74, 6) is -1.40. The van der Waals surface area contributed by atoms with Crippen LogP contribution < -0.4 is 20.7 Å². The SMILES string of the molecule is CC(C)(C)NS(=O)(=O)c1ccc(NC(=O)[C@H](CC2CCNCC2)NC(=O)c2ccc(F)nc2)cc1. The number of benzene rings is 1. The normalized spacial score (nSPS) is 15.9. The average molecular weight is 506 g/mol. The summed E-state index contributed by atoms with van der Waals surface area (Å²) in [6, 6.07) is 7.39. The smallest absolute Gasteiger partial charge is 0.253 e. The molecule has 1 aromatic carbocycles. The van der Waals surface area contributed by atoms with Gasteiger partial charge in [0.25, 0.3) is 5.91 Å². The van der Waals surface area contributed by atoms with Crippen LogP contribution in [0.25, 0.3) is 0 Å². The maximum absolute atomic E-state index is 13.1. The number of piperidine rings is 1. The third-order valence-corrected chi connectivity index (χ3v) is 7.29. The largest absolute Gasteiger partial charge is 0.340 e. The van der Waals surface area contributed by atoms with Crippen molar-refractivity contribution in [2.24, 2.45) is 5.92 Å². The molecule has 1 aliphatic rings. The molecule has 0 unspecified atom stereocenters. The number of hydrogen-bond acceptors (Lipinski definition) is 6. The summed E-state index contributed by atoms with van der Waals surface area (Å²) in [5, 5.41) is 8.78. The number of anilines is 1. The van der Waals surface area contributed by atoms with E-state index in [0.717, 1.165) is 38.2 Å². The molecular weight excluding hydrogens is 473 g/mol. The lowest BCUT2D eigenvalue weighted by Gasteiger charge is -2.27. The summed E-state index contributed by atoms with van der Waals surface area (Å²) in [5.41, 5.74) is -0.0839. The van der Waals surface area contributed by atoms with Gasteiger partial charge in [-0.05, 0) is 95.4 Å². The summed E-state index contributed by atoms with van der Waals surface area (Å²) in [7, 11) is -3.71. The van der Waals surface area contributed by atoms with Crippen molar-refractivity contribution in [3.05, 3.63) is 54.1 Å². The van der Waals surface area contributed by atoms with Crippen LogP contribution in [0.2, 0.25) is 0 Å². The lowest BCUT2D eigenvalue weighted by molar-refractivity contribution is -0.118. The lowest BCUT2D eigenvalue weighted by Crippen LogP contribution is -2.46. The molecule has 11 heteroatoms. The number of nitrogens with one attached hydrogen (secondary N) is 4. The van der Waals surface area contributed by atoms with Gasteiger partial charge in [0.15, 0.2) is 0 Å². The Morgan fingerprint density at radius 3 is 2.34 bits per heavy atom. The summed E-state index contributed by atoms with van der Waals surface area (Å²) < 4.78 is 40.7. The van der Waals surface area contributed by atoms with Gasteiger partial charge in [0.05, 0.1) is 10.5 Å². The molecule has 2 heterocycles. The fourth-order valence-corrected chi connectivity index (χ4v) is 5.26. The Balaban J connectivity index is 1.72. The molecule has 190 valence electrons. The topological polar surface area (TPSA) is 129 Å². The highest BCUT2D eigenvalue weighted by Crippen LogP contribution is 2.21. The molecule has 9 nitrogen and oxygen atoms in total. The zero-order valence-corrected chi connectivity index (χ0v) is 20.9. The van der Waals surface area contributed by atoms with Gasteiger partial charge >= 0.3 is 0 Å². The van der Waals surface area contributed by atoms with E-state index in [9.17, 15) is 22.4 Å². The zero-order chi connectivity index (χ0) is 25.6. The zero-order valence-electron chi connectivity index (χ0n) is 20.1. The van der Waals surface area contributed by atoms with E-state index in [2.05, 4.69) is 25.7 Å². The highest BCUT2D eigenvalue weighted by atomic mass is 32.2. The van der Waals surface area contributed by atoms with Crippen molar-refractivity contribution in [1.82, 2.24) is 20.3 Å². The summed E-state index contributed by atoms with van der Waals surface area (Å²) in [4.78, 5) is 29.4. The summed E-state index contributed by atoms with van der Waals surface area (Å²) in [6.07, 6.45) is 3.32. The van der Waals surface area contributed by atoms with Gasteiger partial charge in [-0.15, -0.1) is 0 Å². The molecule has 0 saturated carbocycles. The standard InChI is InChI=1S/C24H32FN5O4S/c1-24(2,3)30-35(33,34)19-7-5-18(6-8-19)28-23(32)20(14-16-10-12-26-13-11-16)29-22(31)17-4-9-21(25)27-15-17/h4-9,15-16,20,26,30H,10-14H2,1-3H3,(H,28,32)(H,29,31)/t20-/m0/s1. The molecule has 35 heavy (non-hydrogen) atoms. The van der Waals surface area contributed by atoms with Gasteiger partial charge in [-0.25, -0.2) is 18.1 Å². The second-order valence-corrected chi connectivity index (χ2v) is 11.4. The molecule has 1 atom stereocenters. The molecule has 0 aliphatic carbocycles. The molecule has 4 N–H and O–H groups in total. The molecule has 3 rings (SSSR count). The Labute approximate surface area is 205 Å². The highest BCUT2D eigenvalue weighted by Gasteiger charge is 2.27. The van der Waals surface area contributed by atoms with E-state index in [1.54, 1.807) is 20.8 Å². The minimum atomic E-state index is -3.71. The second-order valence-electron chi connectivity index (χ2n) is 9.69. The van der Waals surface area contributed by atoms with Crippen LogP contribution in [-0.2, 0) is 14.8 Å². The van der Waals surface area contributed by atoms with Crippen LogP contribution in [0.1, 0.15) is 50.4 Å². The van der Waals surface area contributed by atoms with E-state index in [1.165, 1.54) is 30.3 Å². The van der Waals surface area contributed by atoms with Crippen LogP contribution >= 0.6 is 0 Å². The first-order valence-electron chi connectivity index (χ1n) is 11.5. The van der Waals surface area contributed by atoms with Gasteiger partial charge in [0.2, 0.25) is 21.9 Å². The maximum atomic E-state index is 13.1. The number of amides is 2. The Morgan fingerprint density at radius 2 is 1.77 bits per heavy atom. The van der Waals surface area contributed by atoms with Crippen molar-refractivity contribution in [3.8, 4) is 0 Å². The first-order valence-corrected chi connectivity index (χ1v) is 13.0. The van der Waals surface area contributed by atoms with Crippen LogP contribution in [0, 0.1) is 11.9 Å². The molecule has 2 aromatic rings. The second kappa shape index (κ2) is 11.2. The Kier molecular flexibility index (Phi) is 8.57. The number of pyridine rings is 1. The maximum Gasteiger partial charge on any atom is 0.253 e. The molecule has 0 bridgehead atoms. The number of rotatable bonds is 8. The molecular formula is C24H32FN5O4S. The molecule has 0 spiro atoms. The third kappa shape index (κ3) is 8.08. The fraction of sp³-hybridized carbons (Fsp3) is 0.458. The van der Waals surface area contributed by atoms with Crippen LogP contribution in [0.4, 0.5) is 10.1 Å². The van der Waals surface area contributed by atoms with E-state index in [-0.39, 0.29) is 16.4 Å². The van der Waals surface area contributed by atoms with Crippen molar-refractivity contribution in [3.63, 3.8) is 0 Å². The van der Waals surface area contributed by atoms with Crippen molar-refractivity contribution >= 4 is 27.5 Å². The first-order chi connectivity index (χ1) is 16.4. The third-order valence-electron chi connectivity index (χ3n) is 5.51. The van der Waals surface area contributed by atoms with Gasteiger partial charge in [0.1, 0.15) is 6.04 Å². The minimum Gasteiger partial charge on any atom is -0.340 e. The summed E-state index contributed by atoms with van der Waals surface area (Å²) >= 11 is 0. The number of hydrogen-bond donors (Lipinski definition) is 4. The van der Waals surface area contributed by atoms with E-state index in [0.29, 0.717) is 12.1 Å². The highest BCUT2D eigenvalue weighted by molar-refractivity contribution is 7.89. The molecule has 1 aromatic heterocycles. The number of carbonyl (C=O) groups is 2. The van der Waals surface area contributed by atoms with E-state index in [1.807, 2.05) is 0 Å². The van der Waals surface area contributed by atoms with Crippen molar-refractivity contribution in [1.29, 1.82) is 0 Å². The Morgan fingerprint density at radius 1 is 1.11 bits per heavy atom. The Bertz CT molecular complexity index is 1130. The van der Waals surface area contributed by atoms with Crippen molar-refractivity contribution in [2.45, 2.75) is 56.5 Å². The van der Waals surface area contributed by atoms with Gasteiger partial charge < -0.3 is 16.0 Å². The van der Waals surface area contributed by atoms with E-state index >= 15 is 0 Å². The van der Waals surface area contributed by atoms with Gasteiger partial charge in [-0.2, -0.15) is 4.39 Å². The first kappa shape index (κ1) is 26.7. The number of aromatic nitrogens is 1. The average Bonchev–Trinajstić information content (AvgIpc) is 2.78. The number of carbonyl (C=O) groups excluding carboxylic acids is 2. The molecule has 0 radical (unpaired) electrons. The number of sulfonamides is 1. The van der Waals surface area contributed by atoms with E-state index < -0.39 is 39.4 Å². The number of nitrogens with zero attached hydrogens (tertiary/aromatic N) is 1. The van der Waals surface area contributed by atoms with Crippen LogP contribution in [0.15, 0.2) is 47.5 Å². The molecule has 2 amide bonds. The van der Waals surface area contributed by atoms with Crippen LogP contribution in [0.3, 0.4) is 0 Å². The van der Waals surface area contributed by atoms with Crippen molar-refractivity contribution < 1.29 is 22.4 Å². The fourth-order valence-electron chi connectivity index (χ4n) is 3.84. The Hall–Kier alpha value is -2.89. The van der Waals surface area contributed by atoms with Crippen LogP contribution in [-0.4, -0.2) is 49.9 Å². The molecule has 1 saturated heterocycles. The van der Waals surface area contributed by atoms with Gasteiger partial charge in [0, 0.05) is 17.4 Å². The predicted molar refractivity (Wildman–Crippen MR) is 131 cm³/mol. The lowest BCUT2D eigenvalue weighted by atomic mass is 9.90. The van der Waals surface area contributed by atoms with Gasteiger partial charge in [-0.3, -0.25) is 9.59 Å². The summed E-state index contributed by atoms with van der Waals surface area (Å²) in [6.45, 7) is 6.93. The minimum absolute atomic E-state index is 0.0776. The van der Waals surface area contributed by atoms with Crippen molar-refractivity contribution in [2.75, 3.05) is 18.4 Å². The quantitative estimate of drug-likeness (QED) is 0.408. The van der Waals surface area contributed by atoms with Crippen LogP contribution in [0.5, 0.6) is 0 Å². The van der Waals surface area contributed by atoms with Gasteiger partial charge in [-0.1, -0.05) is 0 Å².